The number of halogens is 3. The van der Waals surface area contributed by atoms with Crippen LogP contribution in [0.25, 0.3) is 0 Å². The predicted octanol–water partition coefficient (Wildman–Crippen LogP) is 4.46. The van der Waals surface area contributed by atoms with Crippen LogP contribution < -0.4 is 0 Å². The zero-order valence-corrected chi connectivity index (χ0v) is 12.3. The van der Waals surface area contributed by atoms with Gasteiger partial charge in [-0.3, -0.25) is 14.9 Å². The third-order valence-corrected chi connectivity index (χ3v) is 3.44. The Labute approximate surface area is 129 Å². The van der Waals surface area contributed by atoms with E-state index in [1.54, 1.807) is 0 Å². The molecular formula is C16H12F3NO3. The summed E-state index contributed by atoms with van der Waals surface area (Å²) in [4.78, 5) is 22.7. The van der Waals surface area contributed by atoms with Crippen molar-refractivity contribution < 1.29 is 22.9 Å². The van der Waals surface area contributed by atoms with Gasteiger partial charge in [0.1, 0.15) is 0 Å². The number of nitrogens with zero attached hydrogens (tertiary/aromatic N) is 1. The summed E-state index contributed by atoms with van der Waals surface area (Å²) in [6.45, 7) is 2.98. The molecule has 0 heterocycles. The van der Waals surface area contributed by atoms with Gasteiger partial charge >= 0.3 is 6.18 Å². The van der Waals surface area contributed by atoms with Crippen molar-refractivity contribution in [2.75, 3.05) is 0 Å². The monoisotopic (exact) mass is 323 g/mol. The molecule has 0 bridgehead atoms. The number of carbonyl (C=O) groups excluding carboxylic acids is 1. The fourth-order valence-corrected chi connectivity index (χ4v) is 2.23. The second kappa shape index (κ2) is 5.83. The zero-order chi connectivity index (χ0) is 17.4. The number of ketones is 1. The quantitative estimate of drug-likeness (QED) is 0.476. The van der Waals surface area contributed by atoms with Crippen LogP contribution in [-0.2, 0) is 6.18 Å². The maximum atomic E-state index is 12.7. The van der Waals surface area contributed by atoms with Crippen molar-refractivity contribution in [1.82, 2.24) is 0 Å². The summed E-state index contributed by atoms with van der Waals surface area (Å²) >= 11 is 0. The Balaban J connectivity index is 2.50. The topological polar surface area (TPSA) is 60.2 Å². The molecule has 0 spiro atoms. The van der Waals surface area contributed by atoms with Crippen molar-refractivity contribution in [3.05, 3.63) is 74.3 Å². The number of hydrogen-bond acceptors (Lipinski definition) is 3. The molecule has 120 valence electrons. The second-order valence-electron chi connectivity index (χ2n) is 5.12. The first-order valence-corrected chi connectivity index (χ1v) is 6.59. The van der Waals surface area contributed by atoms with Crippen molar-refractivity contribution >= 4 is 11.5 Å². The molecule has 2 aromatic carbocycles. The maximum Gasteiger partial charge on any atom is 0.416 e. The minimum absolute atomic E-state index is 0.115. The minimum atomic E-state index is -4.54. The Hall–Kier alpha value is -2.70. The molecule has 2 aromatic rings. The van der Waals surface area contributed by atoms with E-state index in [2.05, 4.69) is 0 Å². The highest BCUT2D eigenvalue weighted by molar-refractivity contribution is 6.10. The summed E-state index contributed by atoms with van der Waals surface area (Å²) < 4.78 is 38.2. The lowest BCUT2D eigenvalue weighted by Crippen LogP contribution is -2.09. The Morgan fingerprint density at radius 2 is 1.74 bits per heavy atom. The van der Waals surface area contributed by atoms with E-state index in [4.69, 9.17) is 0 Å². The van der Waals surface area contributed by atoms with Gasteiger partial charge in [0.05, 0.1) is 10.5 Å². The molecule has 0 atom stereocenters. The molecule has 0 aliphatic heterocycles. The average molecular weight is 323 g/mol. The van der Waals surface area contributed by atoms with E-state index in [9.17, 15) is 28.1 Å². The highest BCUT2D eigenvalue weighted by atomic mass is 19.4. The molecule has 0 fully saturated rings. The lowest BCUT2D eigenvalue weighted by Gasteiger charge is -2.10. The molecule has 0 N–H and O–H groups in total. The fourth-order valence-electron chi connectivity index (χ4n) is 2.23. The summed E-state index contributed by atoms with van der Waals surface area (Å²) in [5.74, 6) is -0.605. The SMILES string of the molecule is Cc1cc([N+](=O)[O-])c(C)cc1C(=O)c1cccc(C(F)(F)F)c1. The van der Waals surface area contributed by atoms with Gasteiger partial charge in [0.2, 0.25) is 0 Å². The van der Waals surface area contributed by atoms with E-state index in [1.807, 2.05) is 0 Å². The molecule has 0 unspecified atom stereocenters. The molecule has 23 heavy (non-hydrogen) atoms. The fraction of sp³-hybridized carbons (Fsp3) is 0.188. The Morgan fingerprint density at radius 3 is 2.30 bits per heavy atom. The summed E-state index contributed by atoms with van der Waals surface area (Å²) in [5.41, 5.74) is -0.410. The lowest BCUT2D eigenvalue weighted by molar-refractivity contribution is -0.385. The van der Waals surface area contributed by atoms with Crippen LogP contribution in [0.3, 0.4) is 0 Å². The van der Waals surface area contributed by atoms with Gasteiger partial charge in [0, 0.05) is 22.8 Å². The van der Waals surface area contributed by atoms with Gasteiger partial charge in [-0.15, -0.1) is 0 Å². The molecule has 2 rings (SSSR count). The maximum absolute atomic E-state index is 12.7. The van der Waals surface area contributed by atoms with Gasteiger partial charge in [-0.05, 0) is 37.6 Å². The van der Waals surface area contributed by atoms with Gasteiger partial charge < -0.3 is 0 Å². The standard InChI is InChI=1S/C16H12F3NO3/c1-9-7-14(20(22)23)10(2)6-13(9)15(21)11-4-3-5-12(8-11)16(17,18)19/h3-8H,1-2H3. The molecule has 0 aromatic heterocycles. The van der Waals surface area contributed by atoms with Crippen molar-refractivity contribution in [3.63, 3.8) is 0 Å². The van der Waals surface area contributed by atoms with Gasteiger partial charge in [-0.1, -0.05) is 12.1 Å². The van der Waals surface area contributed by atoms with E-state index in [0.29, 0.717) is 5.56 Å². The van der Waals surface area contributed by atoms with Crippen molar-refractivity contribution in [3.8, 4) is 0 Å². The number of nitro groups is 1. The second-order valence-corrected chi connectivity index (χ2v) is 5.12. The summed E-state index contributed by atoms with van der Waals surface area (Å²) in [6.07, 6.45) is -4.54. The Kier molecular flexibility index (Phi) is 4.22. The van der Waals surface area contributed by atoms with E-state index in [0.717, 1.165) is 18.2 Å². The van der Waals surface area contributed by atoms with Crippen LogP contribution in [0.4, 0.5) is 18.9 Å². The number of nitro benzene ring substituents is 1. The summed E-state index contributed by atoms with van der Waals surface area (Å²) in [7, 11) is 0. The number of hydrogen-bond donors (Lipinski definition) is 0. The van der Waals surface area contributed by atoms with Gasteiger partial charge in [0.25, 0.3) is 5.69 Å². The number of aryl methyl sites for hydroxylation is 2. The normalized spacial score (nSPS) is 11.3. The highest BCUT2D eigenvalue weighted by Crippen LogP contribution is 2.30. The lowest BCUT2D eigenvalue weighted by atomic mass is 9.95. The number of rotatable bonds is 3. The van der Waals surface area contributed by atoms with E-state index < -0.39 is 22.4 Å². The number of benzene rings is 2. The first-order valence-electron chi connectivity index (χ1n) is 6.59. The van der Waals surface area contributed by atoms with Crippen molar-refractivity contribution in [2.24, 2.45) is 0 Å². The molecule has 0 amide bonds. The minimum Gasteiger partial charge on any atom is -0.289 e. The first-order chi connectivity index (χ1) is 10.6. The average Bonchev–Trinajstić information content (AvgIpc) is 2.47. The summed E-state index contributed by atoms with van der Waals surface area (Å²) in [6, 6.07) is 6.67. The molecule has 0 saturated carbocycles. The van der Waals surface area contributed by atoms with Gasteiger partial charge in [-0.25, -0.2) is 0 Å². The molecule has 0 aliphatic rings. The van der Waals surface area contributed by atoms with Crippen molar-refractivity contribution in [1.29, 1.82) is 0 Å². The number of carbonyl (C=O) groups is 1. The molecule has 0 saturated heterocycles. The molecule has 0 radical (unpaired) electrons. The van der Waals surface area contributed by atoms with Crippen LogP contribution in [0.1, 0.15) is 32.6 Å². The van der Waals surface area contributed by atoms with Crippen LogP contribution in [-0.4, -0.2) is 10.7 Å². The van der Waals surface area contributed by atoms with Crippen LogP contribution in [0.15, 0.2) is 36.4 Å². The Bertz CT molecular complexity index is 798. The van der Waals surface area contributed by atoms with Gasteiger partial charge in [-0.2, -0.15) is 13.2 Å². The Morgan fingerprint density at radius 1 is 1.09 bits per heavy atom. The van der Waals surface area contributed by atoms with Crippen LogP contribution in [0.5, 0.6) is 0 Å². The molecule has 7 heteroatoms. The van der Waals surface area contributed by atoms with Crippen LogP contribution in [0, 0.1) is 24.0 Å². The zero-order valence-electron chi connectivity index (χ0n) is 12.3. The van der Waals surface area contributed by atoms with E-state index in [-0.39, 0.29) is 22.4 Å². The summed E-state index contributed by atoms with van der Waals surface area (Å²) in [5, 5.41) is 10.9. The third kappa shape index (κ3) is 3.39. The largest absolute Gasteiger partial charge is 0.416 e. The molecule has 4 nitrogen and oxygen atoms in total. The smallest absolute Gasteiger partial charge is 0.289 e. The van der Waals surface area contributed by atoms with Crippen LogP contribution >= 0.6 is 0 Å². The van der Waals surface area contributed by atoms with Gasteiger partial charge in [0.15, 0.2) is 5.78 Å². The third-order valence-electron chi connectivity index (χ3n) is 3.44. The first kappa shape index (κ1) is 16.7. The van der Waals surface area contributed by atoms with E-state index >= 15 is 0 Å². The van der Waals surface area contributed by atoms with Crippen LogP contribution in [0.2, 0.25) is 0 Å². The molecule has 0 aliphatic carbocycles. The predicted molar refractivity (Wildman–Crippen MR) is 77.4 cm³/mol. The number of alkyl halides is 3. The van der Waals surface area contributed by atoms with Crippen molar-refractivity contribution in [2.45, 2.75) is 20.0 Å². The van der Waals surface area contributed by atoms with E-state index in [1.165, 1.54) is 32.0 Å². The molecular weight excluding hydrogens is 311 g/mol. The highest BCUT2D eigenvalue weighted by Gasteiger charge is 2.31.